The molecule has 2 aromatic carbocycles. The summed E-state index contributed by atoms with van der Waals surface area (Å²) in [5, 5.41) is 5.43. The molecule has 1 atom stereocenters. The summed E-state index contributed by atoms with van der Waals surface area (Å²) in [7, 11) is 0. The molecule has 2 aliphatic rings. The van der Waals surface area contributed by atoms with Crippen LogP contribution in [0.25, 0.3) is 6.08 Å². The highest BCUT2D eigenvalue weighted by Gasteiger charge is 2.37. The molecule has 0 radical (unpaired) electrons. The number of benzene rings is 2. The van der Waals surface area contributed by atoms with Gasteiger partial charge in [-0.15, -0.1) is 0 Å². The van der Waals surface area contributed by atoms with Crippen molar-refractivity contribution in [1.82, 2.24) is 10.2 Å². The number of urea groups is 1. The van der Waals surface area contributed by atoms with Crippen molar-refractivity contribution in [2.24, 2.45) is 0 Å². The van der Waals surface area contributed by atoms with Gasteiger partial charge in [0.1, 0.15) is 12.2 Å². The van der Waals surface area contributed by atoms with E-state index in [1.165, 1.54) is 11.3 Å². The summed E-state index contributed by atoms with van der Waals surface area (Å²) in [4.78, 5) is 41.6. The molecule has 2 heterocycles. The Hall–Kier alpha value is -3.61. The first-order chi connectivity index (χ1) is 17.0. The summed E-state index contributed by atoms with van der Waals surface area (Å²) in [5.41, 5.74) is 6.25. The van der Waals surface area contributed by atoms with Gasteiger partial charge < -0.3 is 15.5 Å². The van der Waals surface area contributed by atoms with Crippen molar-refractivity contribution in [3.05, 3.63) is 64.3 Å². The highest BCUT2D eigenvalue weighted by Crippen LogP contribution is 2.44. The number of nitrogens with one attached hydrogen (secondary N) is 2. The van der Waals surface area contributed by atoms with Crippen LogP contribution in [0.4, 0.5) is 16.2 Å². The predicted molar refractivity (Wildman–Crippen MR) is 144 cm³/mol. The van der Waals surface area contributed by atoms with Gasteiger partial charge in [0.05, 0.1) is 0 Å². The third-order valence-corrected chi connectivity index (χ3v) is 7.20. The molecule has 4 rings (SSSR count). The average Bonchev–Trinajstić information content (AvgIpc) is 3.06. The maximum absolute atomic E-state index is 13.0. The number of fused-ring (bicyclic) bond motifs is 1. The molecule has 190 valence electrons. The minimum absolute atomic E-state index is 0.0730. The van der Waals surface area contributed by atoms with E-state index in [0.717, 1.165) is 41.0 Å². The van der Waals surface area contributed by atoms with Crippen molar-refractivity contribution in [3.63, 3.8) is 0 Å². The zero-order chi connectivity index (χ0) is 26.2. The third-order valence-electron chi connectivity index (χ3n) is 7.20. The maximum Gasteiger partial charge on any atom is 0.329 e. The number of aryl methyl sites for hydroxylation is 2. The van der Waals surface area contributed by atoms with Crippen LogP contribution in [0.1, 0.15) is 68.7 Å². The van der Waals surface area contributed by atoms with Gasteiger partial charge in [-0.05, 0) is 93.0 Å². The van der Waals surface area contributed by atoms with Crippen LogP contribution in [-0.4, -0.2) is 41.4 Å². The minimum Gasteiger partial charge on any atom is -0.366 e. The number of amides is 4. The van der Waals surface area contributed by atoms with Gasteiger partial charge in [0, 0.05) is 23.5 Å². The predicted octanol–water partition coefficient (Wildman–Crippen LogP) is 5.34. The summed E-state index contributed by atoms with van der Waals surface area (Å²) in [6.07, 6.45) is 3.83. The van der Waals surface area contributed by atoms with E-state index in [9.17, 15) is 14.4 Å². The number of carbonyl (C=O) groups excluding carboxylic acids is 3. The van der Waals surface area contributed by atoms with Crippen molar-refractivity contribution in [2.45, 2.75) is 65.8 Å². The van der Waals surface area contributed by atoms with Crippen molar-refractivity contribution >= 4 is 35.3 Å². The van der Waals surface area contributed by atoms with Crippen LogP contribution in [0.5, 0.6) is 0 Å². The van der Waals surface area contributed by atoms with Crippen LogP contribution in [0, 0.1) is 13.8 Å². The van der Waals surface area contributed by atoms with Gasteiger partial charge in [0.2, 0.25) is 5.91 Å². The molecule has 0 aromatic heterocycles. The Morgan fingerprint density at radius 2 is 1.89 bits per heavy atom. The van der Waals surface area contributed by atoms with E-state index in [1.807, 2.05) is 32.0 Å². The number of hydrogen-bond acceptors (Lipinski definition) is 4. The van der Waals surface area contributed by atoms with E-state index in [4.69, 9.17) is 0 Å². The average molecular weight is 489 g/mol. The van der Waals surface area contributed by atoms with Gasteiger partial charge in [0.15, 0.2) is 0 Å². The quantitative estimate of drug-likeness (QED) is 0.425. The Kier molecular flexibility index (Phi) is 6.94. The van der Waals surface area contributed by atoms with E-state index in [1.54, 1.807) is 12.1 Å². The Morgan fingerprint density at radius 1 is 1.17 bits per heavy atom. The fraction of sp³-hybridized carbons (Fsp3) is 0.414. The minimum atomic E-state index is -0.592. The van der Waals surface area contributed by atoms with E-state index in [0.29, 0.717) is 11.6 Å². The number of rotatable bonds is 6. The fourth-order valence-corrected chi connectivity index (χ4v) is 5.37. The van der Waals surface area contributed by atoms with E-state index in [-0.39, 0.29) is 17.8 Å². The van der Waals surface area contributed by atoms with Crippen LogP contribution in [0.2, 0.25) is 0 Å². The van der Waals surface area contributed by atoms with Gasteiger partial charge in [-0.3, -0.25) is 9.59 Å². The smallest absolute Gasteiger partial charge is 0.329 e. The van der Waals surface area contributed by atoms with E-state index >= 15 is 0 Å². The van der Waals surface area contributed by atoms with Crippen molar-refractivity contribution in [1.29, 1.82) is 0 Å². The molecule has 0 bridgehead atoms. The van der Waals surface area contributed by atoms with Gasteiger partial charge in [-0.2, -0.15) is 0 Å². The number of nitrogens with zero attached hydrogens (tertiary/aromatic N) is 2. The molecule has 2 N–H and O–H groups in total. The molecular weight excluding hydrogens is 452 g/mol. The van der Waals surface area contributed by atoms with E-state index in [2.05, 4.69) is 55.4 Å². The van der Waals surface area contributed by atoms with Crippen LogP contribution in [0.15, 0.2) is 42.1 Å². The first-order valence-electron chi connectivity index (χ1n) is 12.6. The van der Waals surface area contributed by atoms with Crippen LogP contribution >= 0.6 is 0 Å². The summed E-state index contributed by atoms with van der Waals surface area (Å²) < 4.78 is 0. The first-order valence-corrected chi connectivity index (χ1v) is 12.6. The second-order valence-electron chi connectivity index (χ2n) is 10.6. The van der Waals surface area contributed by atoms with Crippen molar-refractivity contribution in [2.75, 3.05) is 23.3 Å². The van der Waals surface area contributed by atoms with Crippen molar-refractivity contribution in [3.8, 4) is 0 Å². The molecule has 1 fully saturated rings. The number of hydrogen-bond donors (Lipinski definition) is 2. The Morgan fingerprint density at radius 3 is 2.58 bits per heavy atom. The highest BCUT2D eigenvalue weighted by atomic mass is 16.2. The molecule has 7 heteroatoms. The second-order valence-corrected chi connectivity index (χ2v) is 10.6. The molecule has 2 aromatic rings. The Bertz CT molecular complexity index is 1250. The summed E-state index contributed by atoms with van der Waals surface area (Å²) >= 11 is 0. The number of imide groups is 1. The lowest BCUT2D eigenvalue weighted by Crippen LogP contribution is -2.48. The maximum atomic E-state index is 13.0. The first kappa shape index (κ1) is 25.5. The molecule has 7 nitrogen and oxygen atoms in total. The molecule has 1 saturated heterocycles. The summed E-state index contributed by atoms with van der Waals surface area (Å²) in [6.45, 7) is 13.6. The Balaban J connectivity index is 1.57. The van der Waals surface area contributed by atoms with Gasteiger partial charge in [0.25, 0.3) is 5.91 Å². The molecule has 4 amide bonds. The Labute approximate surface area is 213 Å². The molecule has 0 saturated carbocycles. The van der Waals surface area contributed by atoms with Gasteiger partial charge >= 0.3 is 6.03 Å². The largest absolute Gasteiger partial charge is 0.366 e. The topological polar surface area (TPSA) is 81.8 Å². The SMILES string of the molecule is CCCN1c2cc(C)c(/C=C3/NC(=O)N(CC(=O)Nc4ccccc4C)C3=O)cc2C(C)CC1(C)C. The lowest BCUT2D eigenvalue weighted by Gasteiger charge is -2.48. The second kappa shape index (κ2) is 9.80. The zero-order valence-corrected chi connectivity index (χ0v) is 22.1. The lowest BCUT2D eigenvalue weighted by atomic mass is 9.79. The molecule has 0 aliphatic carbocycles. The third kappa shape index (κ3) is 4.87. The molecule has 1 unspecified atom stereocenters. The van der Waals surface area contributed by atoms with Gasteiger partial charge in [-0.25, -0.2) is 9.69 Å². The lowest BCUT2D eigenvalue weighted by molar-refractivity contribution is -0.127. The van der Waals surface area contributed by atoms with Crippen LogP contribution < -0.4 is 15.5 Å². The molecule has 36 heavy (non-hydrogen) atoms. The normalized spacial score (nSPS) is 19.9. The number of carbonyl (C=O) groups is 3. The van der Waals surface area contributed by atoms with Crippen LogP contribution in [-0.2, 0) is 9.59 Å². The highest BCUT2D eigenvalue weighted by molar-refractivity contribution is 6.16. The number of anilines is 2. The molecule has 2 aliphatic heterocycles. The summed E-state index contributed by atoms with van der Waals surface area (Å²) in [5.74, 6) is -0.554. The zero-order valence-electron chi connectivity index (χ0n) is 22.1. The van der Waals surface area contributed by atoms with Crippen molar-refractivity contribution < 1.29 is 14.4 Å². The fourth-order valence-electron chi connectivity index (χ4n) is 5.37. The standard InChI is InChI=1S/C29H36N4O3/c1-7-12-33-25-13-19(3)21(14-22(25)20(4)16-29(33,5)6)15-24-27(35)32(28(36)31-24)17-26(34)30-23-11-9-8-10-18(23)2/h8-11,13-15,20H,7,12,16-17H2,1-6H3,(H,30,34)(H,31,36)/b24-15+. The van der Waals surface area contributed by atoms with Crippen LogP contribution in [0.3, 0.4) is 0 Å². The van der Waals surface area contributed by atoms with Gasteiger partial charge in [-0.1, -0.05) is 32.0 Å². The number of para-hydroxylation sites is 1. The monoisotopic (exact) mass is 488 g/mol. The van der Waals surface area contributed by atoms with E-state index < -0.39 is 17.8 Å². The summed E-state index contributed by atoms with van der Waals surface area (Å²) in [6, 6.07) is 11.1. The molecular formula is C29H36N4O3. The molecule has 0 spiro atoms.